The Hall–Kier alpha value is -3.32. The second kappa shape index (κ2) is 10.7. The quantitative estimate of drug-likeness (QED) is 0.275. The highest BCUT2D eigenvalue weighted by Gasteiger charge is 2.47. The second-order valence-electron chi connectivity index (χ2n) is 12.6. The Kier molecular flexibility index (Phi) is 7.04. The van der Waals surface area contributed by atoms with Crippen molar-refractivity contribution in [1.82, 2.24) is 10.3 Å². The SMILES string of the molecule is N#CC1(NC(=O)[C@@H]2CCCC[C@H]2c2oc(-c3ccc(C4CC4)cc3)nc2-c2ccc(N3CCS(O)(O)CC3)cc2)CC1. The molecule has 2 heterocycles. The Balaban J connectivity index is 1.22. The Morgan fingerprint density at radius 3 is 2.29 bits per heavy atom. The first kappa shape index (κ1) is 27.5. The molecule has 1 aromatic heterocycles. The van der Waals surface area contributed by atoms with E-state index in [9.17, 15) is 19.2 Å². The Labute approximate surface area is 248 Å². The third-order valence-electron chi connectivity index (χ3n) is 9.51. The van der Waals surface area contributed by atoms with Crippen molar-refractivity contribution in [2.24, 2.45) is 5.92 Å². The topological polar surface area (TPSA) is 123 Å². The van der Waals surface area contributed by atoms with E-state index in [1.165, 1.54) is 18.4 Å². The maximum atomic E-state index is 13.5. The number of benzene rings is 2. The zero-order valence-corrected chi connectivity index (χ0v) is 24.6. The number of nitrogens with one attached hydrogen (secondary N) is 1. The van der Waals surface area contributed by atoms with Gasteiger partial charge in [0.2, 0.25) is 11.8 Å². The van der Waals surface area contributed by atoms with Crippen LogP contribution >= 0.6 is 10.6 Å². The standard InChI is InChI=1S/C33H38N4O4S/c34-21-33(15-16-33)36-31(38)28-4-2-1-3-27(28)30-29(35-32(41-30)25-9-7-23(8-10-25)22-5-6-22)24-11-13-26(14-12-24)37-17-19-42(39,40)20-18-37/h7-14,22,27-28,39-40H,1-6,15-20H2,(H,36,38)/t27-,28-/m1/s1. The number of hydrogen-bond donors (Lipinski definition) is 3. The number of amides is 1. The van der Waals surface area contributed by atoms with E-state index in [1.54, 1.807) is 0 Å². The molecule has 1 amide bonds. The number of carbonyl (C=O) groups is 1. The summed E-state index contributed by atoms with van der Waals surface area (Å²) in [6.45, 7) is 1.22. The minimum Gasteiger partial charge on any atom is -0.440 e. The zero-order valence-electron chi connectivity index (χ0n) is 23.8. The van der Waals surface area contributed by atoms with E-state index in [1.807, 2.05) is 0 Å². The molecule has 0 bridgehead atoms. The monoisotopic (exact) mass is 586 g/mol. The van der Waals surface area contributed by atoms with Crippen LogP contribution in [-0.2, 0) is 4.79 Å². The average Bonchev–Trinajstić information content (AvgIpc) is 3.95. The van der Waals surface area contributed by atoms with Crippen molar-refractivity contribution in [3.05, 3.63) is 59.9 Å². The molecule has 2 aromatic carbocycles. The zero-order chi connectivity index (χ0) is 28.9. The van der Waals surface area contributed by atoms with Gasteiger partial charge in [0.05, 0.1) is 17.6 Å². The summed E-state index contributed by atoms with van der Waals surface area (Å²) in [7, 11) is -2.46. The van der Waals surface area contributed by atoms with Crippen molar-refractivity contribution in [2.45, 2.75) is 68.7 Å². The average molecular weight is 587 g/mol. The van der Waals surface area contributed by atoms with Gasteiger partial charge in [0.1, 0.15) is 17.0 Å². The molecule has 0 unspecified atom stereocenters. The molecule has 1 saturated heterocycles. The Morgan fingerprint density at radius 1 is 0.976 bits per heavy atom. The van der Waals surface area contributed by atoms with E-state index in [2.05, 4.69) is 64.8 Å². The van der Waals surface area contributed by atoms with Crippen LogP contribution in [-0.4, -0.2) is 50.1 Å². The summed E-state index contributed by atoms with van der Waals surface area (Å²) in [6, 6.07) is 19.0. The number of nitriles is 1. The Bertz CT molecular complexity index is 1490. The number of nitrogens with zero attached hydrogens (tertiary/aromatic N) is 3. The predicted octanol–water partition coefficient (Wildman–Crippen LogP) is 6.90. The van der Waals surface area contributed by atoms with E-state index in [0.29, 0.717) is 49.2 Å². The van der Waals surface area contributed by atoms with Gasteiger partial charge < -0.3 is 14.6 Å². The molecule has 7 rings (SSSR count). The first-order valence-corrected chi connectivity index (χ1v) is 17.1. The molecule has 3 aliphatic carbocycles. The van der Waals surface area contributed by atoms with Crippen molar-refractivity contribution in [3.8, 4) is 28.8 Å². The third-order valence-corrected chi connectivity index (χ3v) is 11.2. The summed E-state index contributed by atoms with van der Waals surface area (Å²) in [6.07, 6.45) is 7.50. The lowest BCUT2D eigenvalue weighted by atomic mass is 9.76. The van der Waals surface area contributed by atoms with Crippen LogP contribution in [0.25, 0.3) is 22.7 Å². The van der Waals surface area contributed by atoms with Crippen LogP contribution in [0.3, 0.4) is 0 Å². The normalized spacial score (nSPS) is 25.3. The summed E-state index contributed by atoms with van der Waals surface area (Å²) in [5.74, 6) is 2.32. The van der Waals surface area contributed by atoms with E-state index < -0.39 is 16.1 Å². The molecule has 4 aliphatic rings. The van der Waals surface area contributed by atoms with E-state index >= 15 is 0 Å². The fraction of sp³-hybridized carbons (Fsp3) is 0.485. The van der Waals surface area contributed by atoms with Crippen molar-refractivity contribution < 1.29 is 18.3 Å². The summed E-state index contributed by atoms with van der Waals surface area (Å²) in [5.41, 5.74) is 4.32. The molecule has 3 saturated carbocycles. The number of oxazole rings is 1. The van der Waals surface area contributed by atoms with Crippen molar-refractivity contribution in [1.29, 1.82) is 5.26 Å². The molecule has 0 spiro atoms. The van der Waals surface area contributed by atoms with Crippen LogP contribution in [0.1, 0.15) is 74.5 Å². The van der Waals surface area contributed by atoms with Gasteiger partial charge in [0, 0.05) is 41.7 Å². The molecule has 1 aliphatic heterocycles. The van der Waals surface area contributed by atoms with Crippen molar-refractivity contribution in [3.63, 3.8) is 0 Å². The van der Waals surface area contributed by atoms with Gasteiger partial charge in [0.15, 0.2) is 0 Å². The van der Waals surface area contributed by atoms with Crippen LogP contribution in [0.4, 0.5) is 5.69 Å². The van der Waals surface area contributed by atoms with Gasteiger partial charge in [-0.3, -0.25) is 13.9 Å². The van der Waals surface area contributed by atoms with E-state index in [4.69, 9.17) is 9.40 Å². The molecule has 9 heteroatoms. The largest absolute Gasteiger partial charge is 0.440 e. The molecule has 220 valence electrons. The van der Waals surface area contributed by atoms with Crippen LogP contribution in [0, 0.1) is 17.2 Å². The first-order valence-electron chi connectivity index (χ1n) is 15.3. The van der Waals surface area contributed by atoms with Crippen LogP contribution < -0.4 is 10.2 Å². The molecule has 3 aromatic rings. The summed E-state index contributed by atoms with van der Waals surface area (Å²) < 4.78 is 26.6. The maximum Gasteiger partial charge on any atom is 0.226 e. The third kappa shape index (κ3) is 5.56. The number of hydrogen-bond acceptors (Lipinski definition) is 7. The lowest BCUT2D eigenvalue weighted by molar-refractivity contribution is -0.127. The van der Waals surface area contributed by atoms with Gasteiger partial charge >= 0.3 is 0 Å². The van der Waals surface area contributed by atoms with Crippen molar-refractivity contribution in [2.75, 3.05) is 29.5 Å². The van der Waals surface area contributed by atoms with E-state index in [0.717, 1.165) is 54.0 Å². The molecular formula is C33H38N4O4S. The van der Waals surface area contributed by atoms with Crippen LogP contribution in [0.2, 0.25) is 0 Å². The summed E-state index contributed by atoms with van der Waals surface area (Å²) >= 11 is 0. The maximum absolute atomic E-state index is 13.5. The van der Waals surface area contributed by atoms with Crippen molar-refractivity contribution >= 4 is 22.2 Å². The lowest BCUT2D eigenvalue weighted by Crippen LogP contribution is -2.42. The van der Waals surface area contributed by atoms with Gasteiger partial charge in [-0.2, -0.15) is 15.9 Å². The highest BCUT2D eigenvalue weighted by atomic mass is 32.3. The number of anilines is 1. The predicted molar refractivity (Wildman–Crippen MR) is 165 cm³/mol. The van der Waals surface area contributed by atoms with Gasteiger partial charge in [-0.05, 0) is 74.3 Å². The lowest BCUT2D eigenvalue weighted by Gasteiger charge is -2.41. The minimum absolute atomic E-state index is 0.0529. The fourth-order valence-corrected chi connectivity index (χ4v) is 7.75. The molecule has 2 atom stereocenters. The smallest absolute Gasteiger partial charge is 0.226 e. The first-order chi connectivity index (χ1) is 20.3. The van der Waals surface area contributed by atoms with Crippen LogP contribution in [0.5, 0.6) is 0 Å². The molecule has 42 heavy (non-hydrogen) atoms. The minimum atomic E-state index is -2.46. The molecule has 8 nitrogen and oxygen atoms in total. The van der Waals surface area contributed by atoms with Gasteiger partial charge in [-0.25, -0.2) is 4.98 Å². The number of aromatic nitrogens is 1. The molecular weight excluding hydrogens is 548 g/mol. The number of carbonyl (C=O) groups excluding carboxylic acids is 1. The Morgan fingerprint density at radius 2 is 1.64 bits per heavy atom. The molecule has 0 radical (unpaired) electrons. The van der Waals surface area contributed by atoms with E-state index in [-0.39, 0.29) is 17.7 Å². The summed E-state index contributed by atoms with van der Waals surface area (Å²) in [5, 5.41) is 12.6. The van der Waals surface area contributed by atoms with Gasteiger partial charge in [-0.1, -0.05) is 37.1 Å². The van der Waals surface area contributed by atoms with Gasteiger partial charge in [-0.15, -0.1) is 0 Å². The molecule has 4 fully saturated rings. The van der Waals surface area contributed by atoms with Crippen LogP contribution in [0.15, 0.2) is 52.9 Å². The number of rotatable bonds is 7. The summed E-state index contributed by atoms with van der Waals surface area (Å²) in [4.78, 5) is 20.8. The highest BCUT2D eigenvalue weighted by Crippen LogP contribution is 2.46. The second-order valence-corrected chi connectivity index (χ2v) is 15.0. The highest BCUT2D eigenvalue weighted by molar-refractivity contribution is 8.24. The molecule has 3 N–H and O–H groups in total. The van der Waals surface area contributed by atoms with Gasteiger partial charge in [0.25, 0.3) is 0 Å². The fourth-order valence-electron chi connectivity index (χ4n) is 6.52.